The zero-order valence-corrected chi connectivity index (χ0v) is 9.41. The zero-order valence-electron chi connectivity index (χ0n) is 9.41. The summed E-state index contributed by atoms with van der Waals surface area (Å²) in [5.41, 5.74) is 0. The lowest BCUT2D eigenvalue weighted by Gasteiger charge is -2.10. The number of nitrogens with one attached hydrogen (secondary N) is 2. The maximum atomic E-state index is 5.32. The topological polar surface area (TPSA) is 72.2 Å². The first-order chi connectivity index (χ1) is 7.26. The number of hydrogen-bond donors (Lipinski definition) is 2. The van der Waals surface area contributed by atoms with Crippen LogP contribution in [0.3, 0.4) is 0 Å². The Balaban J connectivity index is 2.35. The largest absolute Gasteiger partial charge is 0.407 e. The van der Waals surface area contributed by atoms with Crippen LogP contribution < -0.4 is 10.6 Å². The summed E-state index contributed by atoms with van der Waals surface area (Å²) >= 11 is 0. The summed E-state index contributed by atoms with van der Waals surface area (Å²) in [6, 6.07) is 0.597. The molecule has 1 atom stereocenters. The van der Waals surface area contributed by atoms with E-state index in [1.54, 1.807) is 0 Å². The van der Waals surface area contributed by atoms with Gasteiger partial charge in [-0.1, -0.05) is 5.10 Å². The predicted molar refractivity (Wildman–Crippen MR) is 56.6 cm³/mol. The minimum absolute atomic E-state index is 0.160. The van der Waals surface area contributed by atoms with E-state index >= 15 is 0 Å². The van der Waals surface area contributed by atoms with Gasteiger partial charge in [0.15, 0.2) is 0 Å². The smallest absolute Gasteiger partial charge is 0.315 e. The third-order valence-corrected chi connectivity index (χ3v) is 1.74. The van der Waals surface area contributed by atoms with Gasteiger partial charge in [0.25, 0.3) is 0 Å². The second kappa shape index (κ2) is 6.36. The average Bonchev–Trinajstić information content (AvgIpc) is 2.63. The van der Waals surface area contributed by atoms with Gasteiger partial charge in [-0.3, -0.25) is 0 Å². The Kier molecular flexibility index (Phi) is 5.06. The molecule has 1 aromatic rings. The third kappa shape index (κ3) is 4.26. The van der Waals surface area contributed by atoms with Gasteiger partial charge in [-0.2, -0.15) is 0 Å². The van der Waals surface area contributed by atoms with Gasteiger partial charge in [0.05, 0.1) is 19.2 Å². The highest BCUT2D eigenvalue weighted by Crippen LogP contribution is 2.06. The Morgan fingerprint density at radius 3 is 2.93 bits per heavy atom. The highest BCUT2D eigenvalue weighted by molar-refractivity contribution is 5.18. The van der Waals surface area contributed by atoms with Crippen molar-refractivity contribution in [1.82, 2.24) is 15.5 Å². The Morgan fingerprint density at radius 2 is 2.27 bits per heavy atom. The number of ether oxygens (including phenoxy) is 1. The van der Waals surface area contributed by atoms with Crippen LogP contribution in [0.4, 0.5) is 6.01 Å². The van der Waals surface area contributed by atoms with E-state index in [4.69, 9.17) is 9.15 Å². The summed E-state index contributed by atoms with van der Waals surface area (Å²) < 4.78 is 10.6. The molecule has 0 aliphatic carbocycles. The van der Waals surface area contributed by atoms with Crippen molar-refractivity contribution < 1.29 is 9.15 Å². The molecule has 0 saturated heterocycles. The molecule has 0 saturated carbocycles. The molecule has 86 valence electrons. The number of anilines is 1. The van der Waals surface area contributed by atoms with Crippen molar-refractivity contribution in [3.05, 3.63) is 5.89 Å². The van der Waals surface area contributed by atoms with Gasteiger partial charge < -0.3 is 19.8 Å². The molecule has 0 spiro atoms. The maximum absolute atomic E-state index is 5.32. The van der Waals surface area contributed by atoms with Gasteiger partial charge in [0.1, 0.15) is 0 Å². The molecular weight excluding hydrogens is 196 g/mol. The summed E-state index contributed by atoms with van der Waals surface area (Å²) in [6.45, 7) is 5.87. The number of rotatable bonds is 7. The molecule has 1 heterocycles. The standard InChI is InChI=1S/C9H18N4O2/c1-4-14-6-7(2)11-9-13-12-8(15-9)5-10-3/h7,10H,4-6H2,1-3H3,(H,11,13). The van der Waals surface area contributed by atoms with Crippen LogP contribution in [0.2, 0.25) is 0 Å². The monoisotopic (exact) mass is 214 g/mol. The van der Waals surface area contributed by atoms with E-state index in [-0.39, 0.29) is 6.04 Å². The van der Waals surface area contributed by atoms with E-state index < -0.39 is 0 Å². The van der Waals surface area contributed by atoms with Crippen LogP contribution in [0.1, 0.15) is 19.7 Å². The second-order valence-corrected chi connectivity index (χ2v) is 3.24. The van der Waals surface area contributed by atoms with E-state index in [2.05, 4.69) is 20.8 Å². The molecule has 0 aliphatic heterocycles. The first kappa shape index (κ1) is 11.9. The van der Waals surface area contributed by atoms with Gasteiger partial charge in [0, 0.05) is 6.61 Å². The fourth-order valence-electron chi connectivity index (χ4n) is 1.08. The summed E-state index contributed by atoms with van der Waals surface area (Å²) in [7, 11) is 1.83. The van der Waals surface area contributed by atoms with Crippen LogP contribution in [-0.2, 0) is 11.3 Å². The summed E-state index contributed by atoms with van der Waals surface area (Å²) in [6.07, 6.45) is 0. The van der Waals surface area contributed by atoms with Crippen molar-refractivity contribution in [2.75, 3.05) is 25.6 Å². The number of nitrogens with zero attached hydrogens (tertiary/aromatic N) is 2. The van der Waals surface area contributed by atoms with Crippen molar-refractivity contribution in [3.8, 4) is 0 Å². The normalized spacial score (nSPS) is 12.7. The predicted octanol–water partition coefficient (Wildman–Crippen LogP) is 0.626. The minimum Gasteiger partial charge on any atom is -0.407 e. The molecule has 6 nitrogen and oxygen atoms in total. The van der Waals surface area contributed by atoms with Crippen LogP contribution in [0.15, 0.2) is 4.42 Å². The van der Waals surface area contributed by atoms with Crippen molar-refractivity contribution >= 4 is 6.01 Å². The van der Waals surface area contributed by atoms with Crippen molar-refractivity contribution in [3.63, 3.8) is 0 Å². The Morgan fingerprint density at radius 1 is 1.47 bits per heavy atom. The fraction of sp³-hybridized carbons (Fsp3) is 0.778. The number of hydrogen-bond acceptors (Lipinski definition) is 6. The summed E-state index contributed by atoms with van der Waals surface area (Å²) in [4.78, 5) is 0. The van der Waals surface area contributed by atoms with Crippen molar-refractivity contribution in [1.29, 1.82) is 0 Å². The molecule has 0 bridgehead atoms. The van der Waals surface area contributed by atoms with Crippen LogP contribution in [0.5, 0.6) is 0 Å². The first-order valence-corrected chi connectivity index (χ1v) is 5.07. The zero-order chi connectivity index (χ0) is 11.1. The van der Waals surface area contributed by atoms with E-state index in [1.807, 2.05) is 20.9 Å². The quantitative estimate of drug-likeness (QED) is 0.693. The molecule has 0 aliphatic rings. The Bertz CT molecular complexity index is 277. The first-order valence-electron chi connectivity index (χ1n) is 5.07. The molecule has 1 unspecified atom stereocenters. The lowest BCUT2D eigenvalue weighted by Crippen LogP contribution is -2.21. The van der Waals surface area contributed by atoms with Crippen LogP contribution in [0.25, 0.3) is 0 Å². The van der Waals surface area contributed by atoms with Crippen molar-refractivity contribution in [2.45, 2.75) is 26.4 Å². The molecule has 6 heteroatoms. The average molecular weight is 214 g/mol. The Labute approximate surface area is 89.4 Å². The molecule has 0 fully saturated rings. The van der Waals surface area contributed by atoms with Gasteiger partial charge >= 0.3 is 6.01 Å². The van der Waals surface area contributed by atoms with Crippen LogP contribution >= 0.6 is 0 Å². The van der Waals surface area contributed by atoms with E-state index in [1.165, 1.54) is 0 Å². The van der Waals surface area contributed by atoms with Gasteiger partial charge in [0.2, 0.25) is 5.89 Å². The van der Waals surface area contributed by atoms with Crippen molar-refractivity contribution in [2.24, 2.45) is 0 Å². The van der Waals surface area contributed by atoms with E-state index in [9.17, 15) is 0 Å². The van der Waals surface area contributed by atoms with E-state index in [0.29, 0.717) is 31.7 Å². The molecule has 1 aromatic heterocycles. The molecule has 0 amide bonds. The molecule has 15 heavy (non-hydrogen) atoms. The van der Waals surface area contributed by atoms with Gasteiger partial charge in [-0.05, 0) is 20.9 Å². The Hall–Kier alpha value is -1.14. The SMILES string of the molecule is CCOCC(C)Nc1nnc(CNC)o1. The molecular formula is C9H18N4O2. The van der Waals surface area contributed by atoms with E-state index in [0.717, 1.165) is 0 Å². The molecule has 1 rings (SSSR count). The fourth-order valence-corrected chi connectivity index (χ4v) is 1.08. The molecule has 0 radical (unpaired) electrons. The maximum Gasteiger partial charge on any atom is 0.315 e. The highest BCUT2D eigenvalue weighted by Gasteiger charge is 2.08. The third-order valence-electron chi connectivity index (χ3n) is 1.74. The van der Waals surface area contributed by atoms with Gasteiger partial charge in [-0.25, -0.2) is 0 Å². The minimum atomic E-state index is 0.160. The summed E-state index contributed by atoms with van der Waals surface area (Å²) in [5.74, 6) is 0.573. The van der Waals surface area contributed by atoms with Crippen LogP contribution in [-0.4, -0.2) is 36.5 Å². The number of aromatic nitrogens is 2. The highest BCUT2D eigenvalue weighted by atomic mass is 16.5. The lowest BCUT2D eigenvalue weighted by atomic mass is 10.4. The summed E-state index contributed by atoms with van der Waals surface area (Å²) in [5, 5.41) is 13.7. The van der Waals surface area contributed by atoms with Crippen LogP contribution in [0, 0.1) is 0 Å². The lowest BCUT2D eigenvalue weighted by molar-refractivity contribution is 0.140. The molecule has 2 N–H and O–H groups in total. The second-order valence-electron chi connectivity index (χ2n) is 3.24. The molecule has 0 aromatic carbocycles. The van der Waals surface area contributed by atoms with Gasteiger partial charge in [-0.15, -0.1) is 5.10 Å².